The molecular formula is C15H22FNO2. The lowest BCUT2D eigenvalue weighted by Gasteiger charge is -2.16. The van der Waals surface area contributed by atoms with Gasteiger partial charge < -0.3 is 10.4 Å². The third-order valence-electron chi connectivity index (χ3n) is 3.21. The van der Waals surface area contributed by atoms with Crippen molar-refractivity contribution < 1.29 is 14.3 Å². The van der Waals surface area contributed by atoms with Crippen molar-refractivity contribution in [3.63, 3.8) is 0 Å². The first-order valence-electron chi connectivity index (χ1n) is 6.60. The highest BCUT2D eigenvalue weighted by molar-refractivity contribution is 5.76. The zero-order chi connectivity index (χ0) is 14.4. The van der Waals surface area contributed by atoms with Gasteiger partial charge in [0.25, 0.3) is 0 Å². The van der Waals surface area contributed by atoms with E-state index in [4.69, 9.17) is 0 Å². The SMILES string of the molecule is CC(CC(=O)NCC(O)C(C)C)c1ccc(F)cc1. The molecule has 0 aromatic heterocycles. The smallest absolute Gasteiger partial charge is 0.220 e. The average Bonchev–Trinajstić information content (AvgIpc) is 2.36. The van der Waals surface area contributed by atoms with Crippen LogP contribution in [0, 0.1) is 11.7 Å². The molecule has 0 spiro atoms. The Labute approximate surface area is 113 Å². The lowest BCUT2D eigenvalue weighted by Crippen LogP contribution is -2.35. The molecule has 106 valence electrons. The summed E-state index contributed by atoms with van der Waals surface area (Å²) in [6, 6.07) is 6.17. The molecule has 3 nitrogen and oxygen atoms in total. The van der Waals surface area contributed by atoms with Crippen LogP contribution in [-0.4, -0.2) is 23.7 Å². The lowest BCUT2D eigenvalue weighted by atomic mass is 9.97. The van der Waals surface area contributed by atoms with Gasteiger partial charge in [-0.25, -0.2) is 4.39 Å². The predicted octanol–water partition coefficient (Wildman–Crippen LogP) is 2.45. The molecule has 1 rings (SSSR count). The van der Waals surface area contributed by atoms with E-state index in [0.29, 0.717) is 6.42 Å². The largest absolute Gasteiger partial charge is 0.391 e. The summed E-state index contributed by atoms with van der Waals surface area (Å²) in [5.74, 6) is -0.233. The normalized spacial score (nSPS) is 14.2. The maximum absolute atomic E-state index is 12.8. The van der Waals surface area contributed by atoms with E-state index in [0.717, 1.165) is 5.56 Å². The molecule has 2 unspecified atom stereocenters. The Hall–Kier alpha value is -1.42. The van der Waals surface area contributed by atoms with E-state index in [1.54, 1.807) is 12.1 Å². The molecule has 0 radical (unpaired) electrons. The third-order valence-corrected chi connectivity index (χ3v) is 3.21. The minimum Gasteiger partial charge on any atom is -0.391 e. The molecule has 0 fully saturated rings. The predicted molar refractivity (Wildman–Crippen MR) is 73.3 cm³/mol. The van der Waals surface area contributed by atoms with Crippen LogP contribution >= 0.6 is 0 Å². The Bertz CT molecular complexity index is 403. The Morgan fingerprint density at radius 3 is 2.37 bits per heavy atom. The lowest BCUT2D eigenvalue weighted by molar-refractivity contribution is -0.122. The van der Waals surface area contributed by atoms with Gasteiger partial charge in [-0.2, -0.15) is 0 Å². The summed E-state index contributed by atoms with van der Waals surface area (Å²) in [5, 5.41) is 12.3. The molecule has 0 saturated heterocycles. The van der Waals surface area contributed by atoms with Crippen molar-refractivity contribution in [3.8, 4) is 0 Å². The van der Waals surface area contributed by atoms with Crippen molar-refractivity contribution in [2.75, 3.05) is 6.54 Å². The zero-order valence-electron chi connectivity index (χ0n) is 11.7. The van der Waals surface area contributed by atoms with Gasteiger partial charge >= 0.3 is 0 Å². The summed E-state index contributed by atoms with van der Waals surface area (Å²) < 4.78 is 12.8. The van der Waals surface area contributed by atoms with Gasteiger partial charge in [0, 0.05) is 13.0 Å². The number of rotatable bonds is 6. The number of benzene rings is 1. The second kappa shape index (κ2) is 7.24. The zero-order valence-corrected chi connectivity index (χ0v) is 11.7. The molecule has 4 heteroatoms. The number of carbonyl (C=O) groups excluding carboxylic acids is 1. The van der Waals surface area contributed by atoms with Crippen molar-refractivity contribution in [3.05, 3.63) is 35.6 Å². The molecule has 0 aliphatic rings. The minimum atomic E-state index is -0.523. The highest BCUT2D eigenvalue weighted by Crippen LogP contribution is 2.19. The Morgan fingerprint density at radius 1 is 1.26 bits per heavy atom. The molecule has 1 amide bonds. The van der Waals surface area contributed by atoms with Gasteiger partial charge in [0.1, 0.15) is 5.82 Å². The fourth-order valence-electron chi connectivity index (χ4n) is 1.71. The Morgan fingerprint density at radius 2 is 1.84 bits per heavy atom. The van der Waals surface area contributed by atoms with Crippen molar-refractivity contribution in [2.24, 2.45) is 5.92 Å². The quantitative estimate of drug-likeness (QED) is 0.831. The molecule has 2 N–H and O–H groups in total. The van der Waals surface area contributed by atoms with E-state index in [9.17, 15) is 14.3 Å². The first-order valence-corrected chi connectivity index (χ1v) is 6.60. The van der Waals surface area contributed by atoms with E-state index >= 15 is 0 Å². The number of halogens is 1. The number of carbonyl (C=O) groups is 1. The topological polar surface area (TPSA) is 49.3 Å². The second-order valence-electron chi connectivity index (χ2n) is 5.27. The van der Waals surface area contributed by atoms with Crippen LogP contribution in [0.4, 0.5) is 4.39 Å². The molecular weight excluding hydrogens is 245 g/mol. The first-order chi connectivity index (χ1) is 8.90. The number of aliphatic hydroxyl groups excluding tert-OH is 1. The van der Waals surface area contributed by atoms with Gasteiger partial charge in [-0.05, 0) is 29.5 Å². The second-order valence-corrected chi connectivity index (χ2v) is 5.27. The summed E-state index contributed by atoms with van der Waals surface area (Å²) in [6.45, 7) is 5.99. The fourth-order valence-corrected chi connectivity index (χ4v) is 1.71. The third kappa shape index (κ3) is 5.39. The van der Waals surface area contributed by atoms with Gasteiger partial charge in [-0.3, -0.25) is 4.79 Å². The van der Waals surface area contributed by atoms with Crippen molar-refractivity contribution in [1.82, 2.24) is 5.32 Å². The van der Waals surface area contributed by atoms with Crippen LogP contribution in [0.1, 0.15) is 38.7 Å². The average molecular weight is 267 g/mol. The number of nitrogens with one attached hydrogen (secondary N) is 1. The highest BCUT2D eigenvalue weighted by Gasteiger charge is 2.14. The molecule has 0 bridgehead atoms. The van der Waals surface area contributed by atoms with Crippen LogP contribution in [0.3, 0.4) is 0 Å². The van der Waals surface area contributed by atoms with Crippen LogP contribution < -0.4 is 5.32 Å². The van der Waals surface area contributed by atoms with E-state index in [1.807, 2.05) is 20.8 Å². The molecule has 0 saturated carbocycles. The molecule has 1 aromatic carbocycles. The van der Waals surface area contributed by atoms with E-state index in [1.165, 1.54) is 12.1 Å². The maximum atomic E-state index is 12.8. The van der Waals surface area contributed by atoms with Crippen LogP contribution in [-0.2, 0) is 4.79 Å². The monoisotopic (exact) mass is 267 g/mol. The fraction of sp³-hybridized carbons (Fsp3) is 0.533. The summed E-state index contributed by atoms with van der Waals surface area (Å²) in [7, 11) is 0. The summed E-state index contributed by atoms with van der Waals surface area (Å²) >= 11 is 0. The van der Waals surface area contributed by atoms with Crippen molar-refractivity contribution in [1.29, 1.82) is 0 Å². The number of aliphatic hydroxyl groups is 1. The molecule has 0 aliphatic carbocycles. The minimum absolute atomic E-state index is 0.0248. The van der Waals surface area contributed by atoms with Gasteiger partial charge in [0.05, 0.1) is 6.10 Å². The highest BCUT2D eigenvalue weighted by atomic mass is 19.1. The van der Waals surface area contributed by atoms with Gasteiger partial charge in [-0.1, -0.05) is 32.9 Å². The van der Waals surface area contributed by atoms with Gasteiger partial charge in [0.15, 0.2) is 0 Å². The van der Waals surface area contributed by atoms with E-state index in [-0.39, 0.29) is 30.1 Å². The van der Waals surface area contributed by atoms with Gasteiger partial charge in [0.2, 0.25) is 5.91 Å². The molecule has 19 heavy (non-hydrogen) atoms. The summed E-state index contributed by atoms with van der Waals surface area (Å²) in [4.78, 5) is 11.7. The molecule has 0 aliphatic heterocycles. The van der Waals surface area contributed by atoms with Crippen LogP contribution in [0.15, 0.2) is 24.3 Å². The van der Waals surface area contributed by atoms with E-state index < -0.39 is 6.10 Å². The van der Waals surface area contributed by atoms with Gasteiger partial charge in [-0.15, -0.1) is 0 Å². The molecule has 1 aromatic rings. The Balaban J connectivity index is 2.42. The summed E-state index contributed by atoms with van der Waals surface area (Å²) in [6.07, 6.45) is -0.193. The van der Waals surface area contributed by atoms with Crippen LogP contribution in [0.5, 0.6) is 0 Å². The van der Waals surface area contributed by atoms with E-state index in [2.05, 4.69) is 5.32 Å². The van der Waals surface area contributed by atoms with Crippen LogP contribution in [0.2, 0.25) is 0 Å². The van der Waals surface area contributed by atoms with Crippen LogP contribution in [0.25, 0.3) is 0 Å². The molecule has 2 atom stereocenters. The standard InChI is InChI=1S/C15H22FNO2/c1-10(2)14(18)9-17-15(19)8-11(3)12-4-6-13(16)7-5-12/h4-7,10-11,14,18H,8-9H2,1-3H3,(H,17,19). The van der Waals surface area contributed by atoms with Crippen molar-refractivity contribution in [2.45, 2.75) is 39.2 Å². The number of hydrogen-bond acceptors (Lipinski definition) is 2. The van der Waals surface area contributed by atoms with Crippen molar-refractivity contribution >= 4 is 5.91 Å². The molecule has 0 heterocycles. The maximum Gasteiger partial charge on any atom is 0.220 e. The number of amides is 1. The number of hydrogen-bond donors (Lipinski definition) is 2. The summed E-state index contributed by atoms with van der Waals surface area (Å²) in [5.41, 5.74) is 0.931. The Kier molecular flexibility index (Phi) is 5.96. The first kappa shape index (κ1) is 15.6.